The van der Waals surface area contributed by atoms with Crippen LogP contribution in [0.25, 0.3) is 0 Å². The van der Waals surface area contributed by atoms with Gasteiger partial charge in [-0.3, -0.25) is 19.3 Å². The quantitative estimate of drug-likeness (QED) is 0.115. The maximum absolute atomic E-state index is 16.0. The van der Waals surface area contributed by atoms with Crippen molar-refractivity contribution in [3.63, 3.8) is 0 Å². The summed E-state index contributed by atoms with van der Waals surface area (Å²) in [6, 6.07) is 34.6. The van der Waals surface area contributed by atoms with Crippen LogP contribution in [-0.4, -0.2) is 45.0 Å². The number of carbonyl (C=O) groups is 4. The summed E-state index contributed by atoms with van der Waals surface area (Å²) >= 11 is 0. The number of rotatable bonds is 6. The number of phenolic OH excluding ortho intramolecular Hbond substituents is 1. The van der Waals surface area contributed by atoms with Crippen LogP contribution in [0.15, 0.2) is 145 Å². The van der Waals surface area contributed by atoms with E-state index in [-0.39, 0.29) is 17.0 Å². The highest BCUT2D eigenvalue weighted by Crippen LogP contribution is 2.66. The van der Waals surface area contributed by atoms with Crippen molar-refractivity contribution in [2.45, 2.75) is 68.3 Å². The number of benzene rings is 5. The molecule has 7 atom stereocenters. The highest BCUT2D eigenvalue weighted by atomic mass is 16.6. The Balaban J connectivity index is 1.31. The summed E-state index contributed by atoms with van der Waals surface area (Å²) in [5.41, 5.74) is 2.57. The zero-order valence-corrected chi connectivity index (χ0v) is 32.9. The van der Waals surface area contributed by atoms with E-state index in [1.54, 1.807) is 30.3 Å². The number of fused-ring (bicyclic) bond motifs is 3. The average molecular weight is 798 g/mol. The minimum absolute atomic E-state index is 0.0411. The fourth-order valence-corrected chi connectivity index (χ4v) is 9.80. The first-order chi connectivity index (χ1) is 29.2. The van der Waals surface area contributed by atoms with Crippen molar-refractivity contribution >= 4 is 29.6 Å². The van der Waals surface area contributed by atoms with E-state index in [0.29, 0.717) is 16.7 Å². The molecule has 10 heteroatoms. The number of carboxylic acids is 1. The third-order valence-electron chi connectivity index (χ3n) is 12.4. The normalized spacial score (nSPS) is 25.0. The lowest BCUT2D eigenvalue weighted by molar-refractivity contribution is -0.179. The SMILES string of the molecule is C[C@@H](NC(=O)N1C(=O)[C@@]2(c3cc(C#CC4=CCCCC4)ccc31)[C@H](c1ccc(O)cc1)N1[C@H](c3ccccc3)[C@H](c3ccccc3)OC(=O)[C@H]1[C@@H]2C(=O)O)c1ccccc1. The number of nitrogens with zero attached hydrogens (tertiary/aromatic N) is 2. The third kappa shape index (κ3) is 6.42. The van der Waals surface area contributed by atoms with Crippen LogP contribution < -0.4 is 10.2 Å². The molecule has 9 rings (SSSR count). The number of amides is 3. The molecular formula is C50H43N3O7. The predicted octanol–water partition coefficient (Wildman–Crippen LogP) is 8.47. The highest BCUT2D eigenvalue weighted by molar-refractivity contribution is 6.24. The molecule has 3 amide bonds. The van der Waals surface area contributed by atoms with Gasteiger partial charge in [-0.25, -0.2) is 9.69 Å². The number of ether oxygens (including phenoxy) is 1. The van der Waals surface area contributed by atoms with Gasteiger partial charge in [-0.1, -0.05) is 121 Å². The Labute approximate surface area is 348 Å². The summed E-state index contributed by atoms with van der Waals surface area (Å²) in [6.07, 6.45) is 5.13. The fourth-order valence-electron chi connectivity index (χ4n) is 9.80. The van der Waals surface area contributed by atoms with Gasteiger partial charge in [0.2, 0.25) is 5.91 Å². The van der Waals surface area contributed by atoms with Gasteiger partial charge in [-0.05, 0) is 96.3 Å². The Hall–Kier alpha value is -6.96. The number of carbonyl (C=O) groups excluding carboxylic acids is 3. The Morgan fingerprint density at radius 3 is 2.12 bits per heavy atom. The van der Waals surface area contributed by atoms with E-state index >= 15 is 4.79 Å². The van der Waals surface area contributed by atoms with Crippen LogP contribution in [0.1, 0.15) is 90.2 Å². The first-order valence-corrected chi connectivity index (χ1v) is 20.3. The lowest BCUT2D eigenvalue weighted by atomic mass is 9.65. The van der Waals surface area contributed by atoms with Gasteiger partial charge in [0, 0.05) is 5.56 Å². The molecule has 0 unspecified atom stereocenters. The van der Waals surface area contributed by atoms with E-state index in [1.165, 1.54) is 12.1 Å². The van der Waals surface area contributed by atoms with E-state index in [2.05, 4.69) is 23.2 Å². The number of morpholine rings is 1. The van der Waals surface area contributed by atoms with Crippen LogP contribution in [0, 0.1) is 17.8 Å². The largest absolute Gasteiger partial charge is 0.508 e. The van der Waals surface area contributed by atoms with Crippen molar-refractivity contribution in [3.05, 3.63) is 178 Å². The molecule has 3 aliphatic heterocycles. The molecule has 2 saturated heterocycles. The smallest absolute Gasteiger partial charge is 0.329 e. The van der Waals surface area contributed by atoms with Crippen molar-refractivity contribution in [2.75, 3.05) is 4.90 Å². The number of cyclic esters (lactones) is 1. The average Bonchev–Trinajstić information content (AvgIpc) is 3.73. The number of urea groups is 1. The first-order valence-electron chi connectivity index (χ1n) is 20.3. The van der Waals surface area contributed by atoms with Crippen LogP contribution in [0.5, 0.6) is 5.75 Å². The lowest BCUT2D eigenvalue weighted by Crippen LogP contribution is -2.54. The van der Waals surface area contributed by atoms with Gasteiger partial charge in [-0.15, -0.1) is 0 Å². The second kappa shape index (κ2) is 15.7. The number of aliphatic carboxylic acids is 1. The summed E-state index contributed by atoms with van der Waals surface area (Å²) in [7, 11) is 0. The van der Waals surface area contributed by atoms with Crippen LogP contribution in [-0.2, 0) is 24.5 Å². The number of anilines is 1. The van der Waals surface area contributed by atoms with Crippen molar-refractivity contribution in [2.24, 2.45) is 5.92 Å². The fraction of sp³-hybridized carbons (Fsp3) is 0.240. The number of aromatic hydroxyl groups is 1. The van der Waals surface area contributed by atoms with Crippen LogP contribution in [0.4, 0.5) is 10.5 Å². The topological polar surface area (TPSA) is 136 Å². The van der Waals surface area contributed by atoms with Gasteiger partial charge in [-0.2, -0.15) is 0 Å². The molecule has 60 heavy (non-hydrogen) atoms. The number of imide groups is 1. The molecular weight excluding hydrogens is 755 g/mol. The molecule has 5 aromatic carbocycles. The number of carboxylic acid groups (broad SMARTS) is 1. The van der Waals surface area contributed by atoms with Crippen LogP contribution >= 0.6 is 0 Å². The van der Waals surface area contributed by atoms with Gasteiger partial charge in [0.15, 0.2) is 0 Å². The zero-order chi connectivity index (χ0) is 41.5. The molecule has 0 aromatic heterocycles. The second-order valence-electron chi connectivity index (χ2n) is 15.9. The van der Waals surface area contributed by atoms with E-state index in [1.807, 2.05) is 103 Å². The number of allylic oxidation sites excluding steroid dienone is 2. The van der Waals surface area contributed by atoms with E-state index in [9.17, 15) is 24.6 Å². The first kappa shape index (κ1) is 38.6. The standard InChI is InChI=1S/C50H43N3O7/c1-31(34-16-8-3-9-17-34)51-49(59)52-40-29-24-33(23-22-32-14-6-2-7-15-32)30-39(40)50(48(52)58)41(46(55)56)43-47(57)60-44(36-20-12-5-13-21-36)42(35-18-10-4-11-19-35)53(43)45(50)37-25-27-38(54)28-26-37/h3-5,8-14,16-21,24-31,41-45,54H,2,6-7,15H2,1H3,(H,51,59)(H,55,56)/t31-,41-,42-,43-,44+,45+,50-/m1/s1. The second-order valence-corrected chi connectivity index (χ2v) is 15.9. The molecule has 5 aromatic rings. The summed E-state index contributed by atoms with van der Waals surface area (Å²) in [6.45, 7) is 1.81. The summed E-state index contributed by atoms with van der Waals surface area (Å²) in [5.74, 6) is 1.77. The van der Waals surface area contributed by atoms with Crippen molar-refractivity contribution < 1.29 is 34.1 Å². The monoisotopic (exact) mass is 797 g/mol. The minimum Gasteiger partial charge on any atom is -0.508 e. The predicted molar refractivity (Wildman–Crippen MR) is 224 cm³/mol. The Kier molecular flexibility index (Phi) is 10.1. The molecule has 0 bridgehead atoms. The molecule has 10 nitrogen and oxygen atoms in total. The van der Waals surface area contributed by atoms with Gasteiger partial charge >= 0.3 is 18.0 Å². The van der Waals surface area contributed by atoms with Crippen molar-refractivity contribution in [1.29, 1.82) is 0 Å². The van der Waals surface area contributed by atoms with Gasteiger partial charge in [0.25, 0.3) is 0 Å². The molecule has 1 spiro atoms. The Morgan fingerprint density at radius 1 is 0.800 bits per heavy atom. The highest BCUT2D eigenvalue weighted by Gasteiger charge is 2.76. The summed E-state index contributed by atoms with van der Waals surface area (Å²) in [4.78, 5) is 62.6. The van der Waals surface area contributed by atoms with E-state index in [4.69, 9.17) is 4.74 Å². The van der Waals surface area contributed by atoms with E-state index in [0.717, 1.165) is 47.3 Å². The molecule has 300 valence electrons. The van der Waals surface area contributed by atoms with Crippen LogP contribution in [0.2, 0.25) is 0 Å². The minimum atomic E-state index is -2.09. The van der Waals surface area contributed by atoms with Gasteiger partial charge < -0.3 is 20.3 Å². The molecule has 2 fully saturated rings. The van der Waals surface area contributed by atoms with Gasteiger partial charge in [0.05, 0.1) is 23.8 Å². The number of hydrogen-bond acceptors (Lipinski definition) is 7. The van der Waals surface area contributed by atoms with E-state index < -0.39 is 65.5 Å². The van der Waals surface area contributed by atoms with Crippen molar-refractivity contribution in [1.82, 2.24) is 10.2 Å². The third-order valence-corrected chi connectivity index (χ3v) is 12.4. The summed E-state index contributed by atoms with van der Waals surface area (Å²) in [5, 5.41) is 25.1. The zero-order valence-electron chi connectivity index (χ0n) is 32.9. The molecule has 3 heterocycles. The van der Waals surface area contributed by atoms with Crippen molar-refractivity contribution in [3.8, 4) is 17.6 Å². The number of esters is 1. The van der Waals surface area contributed by atoms with Crippen LogP contribution in [0.3, 0.4) is 0 Å². The maximum atomic E-state index is 16.0. The molecule has 0 saturated carbocycles. The van der Waals surface area contributed by atoms with Gasteiger partial charge in [0.1, 0.15) is 29.2 Å². The Bertz CT molecular complexity index is 2570. The molecule has 1 aliphatic carbocycles. The number of hydrogen-bond donors (Lipinski definition) is 3. The molecule has 3 N–H and O–H groups in total. The number of phenols is 1. The molecule has 0 radical (unpaired) electrons. The Morgan fingerprint density at radius 2 is 1.47 bits per heavy atom. The lowest BCUT2D eigenvalue weighted by Gasteiger charge is -2.46. The number of nitrogens with one attached hydrogen (secondary N) is 1. The maximum Gasteiger partial charge on any atom is 0.329 e. The molecule has 4 aliphatic rings. The summed E-state index contributed by atoms with van der Waals surface area (Å²) < 4.78 is 6.35.